The smallest absolute Gasteiger partial charge is 0.469 e. The van der Waals surface area contributed by atoms with E-state index in [1.807, 2.05) is 142 Å². The van der Waals surface area contributed by atoms with Crippen LogP contribution in [0, 0.1) is 28.4 Å². The van der Waals surface area contributed by atoms with Crippen LogP contribution in [0.2, 0.25) is 19.6 Å². The number of aryl methyl sites for hydroxylation is 1. The molecule has 0 aliphatic carbocycles. The molecule has 4 aromatic rings. The fourth-order valence-electron chi connectivity index (χ4n) is 8.81. The SMILES string of the molecule is C#Cc1ccc(C(O)C2(C)SCCCS2)cc1.COC(=O)CCCCCCCCCN=[N+]=[N-].COC(=O)CCCCCCCCCn1cc(-c2ccc(C(O)C3(C)SCCCS3)cc2)nn1.C[C-]1SCCCS1.C[Si](C)(C)C#Cc1ccc(C=O)cc1.[Li+]. The van der Waals surface area contributed by atoms with Gasteiger partial charge in [-0.1, -0.05) is 155 Å². The van der Waals surface area contributed by atoms with Crippen molar-refractivity contribution in [3.63, 3.8) is 0 Å². The maximum atomic E-state index is 11.1. The van der Waals surface area contributed by atoms with Crippen LogP contribution in [0.4, 0.5) is 0 Å². The second-order valence-electron chi connectivity index (χ2n) is 22.5. The molecule has 3 aromatic carbocycles. The number of unbranched alkanes of at least 4 members (excludes halogenated alkanes) is 12. The van der Waals surface area contributed by atoms with Gasteiger partial charge >= 0.3 is 30.8 Å². The summed E-state index contributed by atoms with van der Waals surface area (Å²) < 4.78 is 12.4. The van der Waals surface area contributed by atoms with E-state index >= 15 is 0 Å². The summed E-state index contributed by atoms with van der Waals surface area (Å²) in [5.74, 6) is 12.7. The van der Waals surface area contributed by atoms with Crippen LogP contribution in [-0.4, -0.2) is 115 Å². The first kappa shape index (κ1) is 80.8. The van der Waals surface area contributed by atoms with E-state index in [9.17, 15) is 24.6 Å². The standard InChI is InChI=1S/C25H37N3O3S2.C14H16OS2.C12H14OSi.C11H21N3O2.C5H9S2.Li/c1-25(32-17-10-18-33-25)24(30)21-14-12-20(13-15-21)22-19-28(27-26-22)16-9-7-5-3-4-6-8-11-23(29)31-2;1-3-11-5-7-12(8-6-11)13(15)14(2)16-9-4-10-17-14;1-14(2,3)9-8-11-4-6-12(10-13)7-5-11;1-16-11(15)9-7-5-3-2-4-6-8-10-13-14-12;1-5-6-3-2-4-7-5;/h12-15,19,24,30H,3-11,16-18H2,1-2H3;1,5-8,13,15H,4,9-10H2,2H3;4-7,10H,1-3H3;2-10H2,1H3;2-4H2,1H3;/q;;;;-1;+1. The minimum absolute atomic E-state index is 0. The Labute approximate surface area is 566 Å². The summed E-state index contributed by atoms with van der Waals surface area (Å²) in [5, 5.41) is 33.5. The van der Waals surface area contributed by atoms with Gasteiger partial charge in [0.2, 0.25) is 0 Å². The molecule has 88 heavy (non-hydrogen) atoms. The number of nitrogens with zero attached hydrogens (tertiary/aromatic N) is 6. The number of esters is 2. The largest absolute Gasteiger partial charge is 1.00 e. The number of rotatable bonds is 26. The topological polar surface area (TPSA) is 190 Å². The Morgan fingerprint density at radius 1 is 0.705 bits per heavy atom. The Bertz CT molecular complexity index is 2700. The fraction of sp³-hybridized carbons (Fsp3) is 0.582. The number of ether oxygens (including phenoxy) is 2. The number of thioether (sulfide) groups is 6. The molecule has 21 heteroatoms. The maximum absolute atomic E-state index is 11.1. The summed E-state index contributed by atoms with van der Waals surface area (Å²) in [6.07, 6.45) is 27.7. The predicted molar refractivity (Wildman–Crippen MR) is 378 cm³/mol. The number of aliphatic hydroxyl groups excluding tert-OH is 2. The second-order valence-corrected chi connectivity index (χ2v) is 36.9. The van der Waals surface area contributed by atoms with Gasteiger partial charge in [-0.05, 0) is 134 Å². The molecule has 2 N–H and O–H groups in total. The molecule has 3 saturated heterocycles. The summed E-state index contributed by atoms with van der Waals surface area (Å²) >= 11 is 11.4. The average Bonchev–Trinajstić information content (AvgIpc) is 4.07. The van der Waals surface area contributed by atoms with Gasteiger partial charge in [-0.2, -0.15) is 6.92 Å². The number of hydrogen-bond donors (Lipinski definition) is 2. The number of carbonyl (C=O) groups excluding carboxylic acids is 3. The van der Waals surface area contributed by atoms with Crippen molar-refractivity contribution in [3.8, 4) is 35.1 Å². The van der Waals surface area contributed by atoms with Crippen molar-refractivity contribution in [2.75, 3.05) is 55.3 Å². The fourth-order valence-corrected chi connectivity index (χ4v) is 17.5. The van der Waals surface area contributed by atoms with Crippen LogP contribution >= 0.6 is 70.6 Å². The van der Waals surface area contributed by atoms with Crippen molar-refractivity contribution in [1.82, 2.24) is 15.0 Å². The third-order valence-electron chi connectivity index (χ3n) is 14.0. The molecule has 0 bridgehead atoms. The van der Waals surface area contributed by atoms with E-state index in [-0.39, 0.29) is 39.0 Å². The Morgan fingerprint density at radius 3 is 1.56 bits per heavy atom. The normalized spacial score (nSPS) is 15.5. The molecule has 0 radical (unpaired) electrons. The molecule has 0 saturated carbocycles. The Morgan fingerprint density at radius 2 is 1.14 bits per heavy atom. The molecule has 2 atom stereocenters. The van der Waals surface area contributed by atoms with Gasteiger partial charge in [0.25, 0.3) is 0 Å². The van der Waals surface area contributed by atoms with E-state index in [4.69, 9.17) is 12.0 Å². The van der Waals surface area contributed by atoms with Crippen LogP contribution in [0.1, 0.15) is 188 Å². The molecular formula is C67H97LiN6O7S6Si. The van der Waals surface area contributed by atoms with Gasteiger partial charge in [-0.15, -0.1) is 64.1 Å². The summed E-state index contributed by atoms with van der Waals surface area (Å²) in [6, 6.07) is 23.1. The minimum Gasteiger partial charge on any atom is -0.469 e. The summed E-state index contributed by atoms with van der Waals surface area (Å²) in [7, 11) is 1.57. The molecule has 1 aromatic heterocycles. The number of aromatic nitrogens is 3. The first-order valence-electron chi connectivity index (χ1n) is 30.7. The summed E-state index contributed by atoms with van der Waals surface area (Å²) in [6.45, 7) is 14.6. The van der Waals surface area contributed by atoms with E-state index in [1.54, 1.807) is 16.7 Å². The number of aldehydes is 1. The van der Waals surface area contributed by atoms with Crippen LogP contribution < -0.4 is 18.9 Å². The Balaban J connectivity index is 0.000000408. The zero-order chi connectivity index (χ0) is 63.6. The maximum Gasteiger partial charge on any atom is 1.00 e. The molecule has 3 fully saturated rings. The molecule has 0 amide bonds. The van der Waals surface area contributed by atoms with Crippen molar-refractivity contribution in [2.45, 2.75) is 189 Å². The monoisotopic (exact) mass is 1320 g/mol. The number of azide groups is 1. The zero-order valence-corrected chi connectivity index (χ0v) is 59.9. The van der Waals surface area contributed by atoms with Crippen molar-refractivity contribution >= 4 is 96.9 Å². The van der Waals surface area contributed by atoms with Crippen molar-refractivity contribution < 1.29 is 52.9 Å². The van der Waals surface area contributed by atoms with E-state index in [1.165, 1.54) is 89.9 Å². The second kappa shape index (κ2) is 47.5. The van der Waals surface area contributed by atoms with Gasteiger partial charge in [0, 0.05) is 53.1 Å². The third-order valence-corrected chi connectivity index (χ3v) is 24.0. The van der Waals surface area contributed by atoms with Crippen molar-refractivity contribution in [1.29, 1.82) is 0 Å². The van der Waals surface area contributed by atoms with Crippen LogP contribution in [0.3, 0.4) is 0 Å². The number of terminal acetylenes is 1. The molecule has 478 valence electrons. The number of carbonyl (C=O) groups is 3. The van der Waals surface area contributed by atoms with Crippen LogP contribution in [0.25, 0.3) is 21.7 Å². The minimum atomic E-state index is -1.29. The van der Waals surface area contributed by atoms with Crippen LogP contribution in [0.15, 0.2) is 84.1 Å². The summed E-state index contributed by atoms with van der Waals surface area (Å²) in [5.41, 5.74) is 17.7. The first-order valence-corrected chi connectivity index (χ1v) is 40.1. The molecule has 13 nitrogen and oxygen atoms in total. The third kappa shape index (κ3) is 34.9. The predicted octanol–water partition coefficient (Wildman–Crippen LogP) is 14.8. The number of methoxy groups -OCH3 is 2. The number of hydrogen-bond acceptors (Lipinski definition) is 16. The van der Waals surface area contributed by atoms with E-state index in [2.05, 4.69) is 87.6 Å². The van der Waals surface area contributed by atoms with Gasteiger partial charge in [0.05, 0.1) is 28.6 Å². The number of aliphatic hydroxyl groups is 2. The Kier molecular flexibility index (Phi) is 43.6. The van der Waals surface area contributed by atoms with Gasteiger partial charge in [0.15, 0.2) is 0 Å². The van der Waals surface area contributed by atoms with Gasteiger partial charge in [-0.3, -0.25) is 19.1 Å². The van der Waals surface area contributed by atoms with Crippen molar-refractivity contribution in [2.24, 2.45) is 5.11 Å². The molecule has 4 heterocycles. The molecule has 7 rings (SSSR count). The molecule has 3 aliphatic heterocycles. The molecule has 2 unspecified atom stereocenters. The zero-order valence-electron chi connectivity index (χ0n) is 54.0. The van der Waals surface area contributed by atoms with Crippen molar-refractivity contribution in [3.05, 3.63) is 122 Å². The number of benzene rings is 3. The van der Waals surface area contributed by atoms with Gasteiger partial charge in [0.1, 0.15) is 32.3 Å². The van der Waals surface area contributed by atoms with E-state index in [0.717, 1.165) is 114 Å². The Hall–Kier alpha value is -3.33. The average molecular weight is 1330 g/mol. The molecule has 0 spiro atoms. The van der Waals surface area contributed by atoms with Crippen LogP contribution in [-0.2, 0) is 25.6 Å². The first-order chi connectivity index (χ1) is 41.9. The molecular weight excluding hydrogens is 1230 g/mol. The molecule has 3 aliphatic rings. The van der Waals surface area contributed by atoms with E-state index < -0.39 is 20.3 Å². The quantitative estimate of drug-likeness (QED) is 0.00694. The van der Waals surface area contributed by atoms with Crippen LogP contribution in [0.5, 0.6) is 0 Å². The summed E-state index contributed by atoms with van der Waals surface area (Å²) in [4.78, 5) is 35.0. The van der Waals surface area contributed by atoms with Gasteiger partial charge in [-0.25, -0.2) is 4.58 Å². The van der Waals surface area contributed by atoms with Gasteiger partial charge < -0.3 is 43.2 Å². The van der Waals surface area contributed by atoms with E-state index in [0.29, 0.717) is 24.9 Å².